The number of hydrogen-bond donors (Lipinski definition) is 1. The summed E-state index contributed by atoms with van der Waals surface area (Å²) in [4.78, 5) is 7.04. The summed E-state index contributed by atoms with van der Waals surface area (Å²) >= 11 is 3.53. The summed E-state index contributed by atoms with van der Waals surface area (Å²) in [5.74, 6) is 1.11. The predicted octanol–water partition coefficient (Wildman–Crippen LogP) is 4.14. The molecule has 0 amide bonds. The van der Waals surface area contributed by atoms with E-state index in [9.17, 15) is 0 Å². The van der Waals surface area contributed by atoms with Crippen molar-refractivity contribution in [2.45, 2.75) is 40.7 Å². The Balaban J connectivity index is 2.18. The van der Waals surface area contributed by atoms with Crippen LogP contribution in [0.2, 0.25) is 0 Å². The molecule has 116 valence electrons. The third-order valence-corrected chi connectivity index (χ3v) is 4.38. The number of pyridine rings is 1. The van der Waals surface area contributed by atoms with Crippen LogP contribution in [0, 0.1) is 5.41 Å². The van der Waals surface area contributed by atoms with E-state index < -0.39 is 0 Å². The minimum atomic E-state index is 0.284. The fourth-order valence-electron chi connectivity index (χ4n) is 2.69. The van der Waals surface area contributed by atoms with Gasteiger partial charge in [0.1, 0.15) is 5.82 Å². The normalized spacial score (nSPS) is 16.0. The molecule has 0 saturated heterocycles. The van der Waals surface area contributed by atoms with Crippen molar-refractivity contribution in [1.82, 2.24) is 10.3 Å². The molecule has 0 unspecified atom stereocenters. The van der Waals surface area contributed by atoms with Crippen LogP contribution in [-0.2, 0) is 6.54 Å². The molecule has 4 heteroatoms. The zero-order valence-electron chi connectivity index (χ0n) is 13.5. The van der Waals surface area contributed by atoms with Crippen molar-refractivity contribution >= 4 is 21.7 Å². The molecule has 2 heterocycles. The van der Waals surface area contributed by atoms with E-state index in [1.165, 1.54) is 5.56 Å². The molecular weight excluding hydrogens is 326 g/mol. The first kappa shape index (κ1) is 16.5. The standard InChI is InChI=1S/C17H26BrN3/c1-5-19-11-13-10-15(18)12-20-16(13)21-8-6-14(7-9-21)17(2,3)4/h6,10,12,19H,5,7-9,11H2,1-4H3. The summed E-state index contributed by atoms with van der Waals surface area (Å²) in [6, 6.07) is 2.17. The number of hydrogen-bond acceptors (Lipinski definition) is 3. The van der Waals surface area contributed by atoms with Gasteiger partial charge >= 0.3 is 0 Å². The lowest BCUT2D eigenvalue weighted by molar-refractivity contribution is 0.472. The topological polar surface area (TPSA) is 28.2 Å². The van der Waals surface area contributed by atoms with Crippen molar-refractivity contribution < 1.29 is 0 Å². The highest BCUT2D eigenvalue weighted by atomic mass is 79.9. The van der Waals surface area contributed by atoms with Gasteiger partial charge in [0, 0.05) is 35.9 Å². The number of halogens is 1. The van der Waals surface area contributed by atoms with Gasteiger partial charge in [0.25, 0.3) is 0 Å². The van der Waals surface area contributed by atoms with Crippen LogP contribution < -0.4 is 10.2 Å². The van der Waals surface area contributed by atoms with E-state index >= 15 is 0 Å². The zero-order valence-corrected chi connectivity index (χ0v) is 15.1. The van der Waals surface area contributed by atoms with Crippen LogP contribution in [0.15, 0.2) is 28.4 Å². The quantitative estimate of drug-likeness (QED) is 0.826. The van der Waals surface area contributed by atoms with E-state index in [4.69, 9.17) is 0 Å². The first-order valence-electron chi connectivity index (χ1n) is 7.71. The summed E-state index contributed by atoms with van der Waals surface area (Å²) in [7, 11) is 0. The number of rotatable bonds is 4. The number of nitrogens with zero attached hydrogens (tertiary/aromatic N) is 2. The van der Waals surface area contributed by atoms with Gasteiger partial charge in [-0.1, -0.05) is 39.3 Å². The maximum atomic E-state index is 4.65. The molecule has 1 aliphatic heterocycles. The summed E-state index contributed by atoms with van der Waals surface area (Å²) in [5, 5.41) is 3.40. The molecule has 0 saturated carbocycles. The summed E-state index contributed by atoms with van der Waals surface area (Å²) < 4.78 is 1.04. The molecule has 0 spiro atoms. The molecule has 1 aromatic heterocycles. The Labute approximate surface area is 137 Å². The molecule has 0 aliphatic carbocycles. The van der Waals surface area contributed by atoms with Gasteiger partial charge in [-0.2, -0.15) is 0 Å². The fourth-order valence-corrected chi connectivity index (χ4v) is 3.07. The minimum Gasteiger partial charge on any atom is -0.352 e. The van der Waals surface area contributed by atoms with Crippen LogP contribution >= 0.6 is 15.9 Å². The average Bonchev–Trinajstić information content (AvgIpc) is 2.44. The van der Waals surface area contributed by atoms with Crippen molar-refractivity contribution in [2.75, 3.05) is 24.5 Å². The lowest BCUT2D eigenvalue weighted by Crippen LogP contribution is -2.33. The molecule has 0 aromatic carbocycles. The van der Waals surface area contributed by atoms with Crippen LogP contribution in [0.4, 0.5) is 5.82 Å². The van der Waals surface area contributed by atoms with Crippen molar-refractivity contribution in [2.24, 2.45) is 5.41 Å². The van der Waals surface area contributed by atoms with Crippen molar-refractivity contribution in [3.63, 3.8) is 0 Å². The molecule has 21 heavy (non-hydrogen) atoms. The van der Waals surface area contributed by atoms with E-state index in [2.05, 4.69) is 71.0 Å². The van der Waals surface area contributed by atoms with Crippen LogP contribution in [-0.4, -0.2) is 24.6 Å². The first-order chi connectivity index (χ1) is 9.91. The lowest BCUT2D eigenvalue weighted by Gasteiger charge is -2.33. The van der Waals surface area contributed by atoms with Crippen molar-refractivity contribution in [3.8, 4) is 0 Å². The summed E-state index contributed by atoms with van der Waals surface area (Å²) in [6.07, 6.45) is 5.40. The van der Waals surface area contributed by atoms with Gasteiger partial charge in [0.05, 0.1) is 0 Å². The molecule has 1 aliphatic rings. The third kappa shape index (κ3) is 4.30. The monoisotopic (exact) mass is 351 g/mol. The highest BCUT2D eigenvalue weighted by Crippen LogP contribution is 2.32. The second-order valence-electron chi connectivity index (χ2n) is 6.59. The molecular formula is C17H26BrN3. The van der Waals surface area contributed by atoms with Crippen LogP contribution in [0.3, 0.4) is 0 Å². The molecule has 0 fully saturated rings. The van der Waals surface area contributed by atoms with E-state index in [1.807, 2.05) is 6.20 Å². The second-order valence-corrected chi connectivity index (χ2v) is 7.51. The van der Waals surface area contributed by atoms with Gasteiger partial charge < -0.3 is 10.2 Å². The highest BCUT2D eigenvalue weighted by Gasteiger charge is 2.22. The van der Waals surface area contributed by atoms with Gasteiger partial charge in [0.2, 0.25) is 0 Å². The van der Waals surface area contributed by atoms with Gasteiger partial charge in [-0.15, -0.1) is 0 Å². The maximum absolute atomic E-state index is 4.65. The SMILES string of the molecule is CCNCc1cc(Br)cnc1N1CC=C(C(C)(C)C)CC1. The van der Waals surface area contributed by atoms with Crippen molar-refractivity contribution in [1.29, 1.82) is 0 Å². The number of aromatic nitrogens is 1. The van der Waals surface area contributed by atoms with E-state index in [1.54, 1.807) is 5.57 Å². The molecule has 0 radical (unpaired) electrons. The first-order valence-corrected chi connectivity index (χ1v) is 8.50. The zero-order chi connectivity index (χ0) is 15.5. The molecule has 0 atom stereocenters. The van der Waals surface area contributed by atoms with Crippen LogP contribution in [0.5, 0.6) is 0 Å². The maximum Gasteiger partial charge on any atom is 0.133 e. The van der Waals surface area contributed by atoms with E-state index in [0.717, 1.165) is 42.9 Å². The molecule has 0 bridgehead atoms. The van der Waals surface area contributed by atoms with Crippen LogP contribution in [0.1, 0.15) is 39.7 Å². The molecule has 3 nitrogen and oxygen atoms in total. The smallest absolute Gasteiger partial charge is 0.133 e. The fraction of sp³-hybridized carbons (Fsp3) is 0.588. The Morgan fingerprint density at radius 1 is 1.38 bits per heavy atom. The second kappa shape index (κ2) is 6.93. The largest absolute Gasteiger partial charge is 0.352 e. The Morgan fingerprint density at radius 2 is 2.14 bits per heavy atom. The average molecular weight is 352 g/mol. The third-order valence-electron chi connectivity index (χ3n) is 3.95. The van der Waals surface area contributed by atoms with Gasteiger partial charge in [-0.05, 0) is 40.4 Å². The Bertz CT molecular complexity index is 517. The lowest BCUT2D eigenvalue weighted by atomic mass is 9.83. The van der Waals surface area contributed by atoms with E-state index in [-0.39, 0.29) is 5.41 Å². The van der Waals surface area contributed by atoms with Crippen molar-refractivity contribution in [3.05, 3.63) is 33.9 Å². The van der Waals surface area contributed by atoms with E-state index in [0.29, 0.717) is 0 Å². The van der Waals surface area contributed by atoms with Gasteiger partial charge in [-0.25, -0.2) is 4.98 Å². The minimum absolute atomic E-state index is 0.284. The molecule has 2 rings (SSSR count). The van der Waals surface area contributed by atoms with Gasteiger partial charge in [-0.3, -0.25) is 0 Å². The number of anilines is 1. The Morgan fingerprint density at radius 3 is 2.71 bits per heavy atom. The Hall–Kier alpha value is -0.870. The molecule has 1 N–H and O–H groups in total. The Kier molecular flexibility index (Phi) is 5.44. The van der Waals surface area contributed by atoms with Crippen LogP contribution in [0.25, 0.3) is 0 Å². The number of nitrogens with one attached hydrogen (secondary N) is 1. The van der Waals surface area contributed by atoms with Gasteiger partial charge in [0.15, 0.2) is 0 Å². The summed E-state index contributed by atoms with van der Waals surface area (Å²) in [5.41, 5.74) is 3.11. The molecule has 1 aromatic rings. The highest BCUT2D eigenvalue weighted by molar-refractivity contribution is 9.10. The summed E-state index contributed by atoms with van der Waals surface area (Å²) in [6.45, 7) is 12.9. The predicted molar refractivity (Wildman–Crippen MR) is 93.7 cm³/mol.